The van der Waals surface area contributed by atoms with Gasteiger partial charge in [0.05, 0.1) is 18.4 Å². The second kappa shape index (κ2) is 9.45. The van der Waals surface area contributed by atoms with E-state index in [0.29, 0.717) is 29.3 Å². The van der Waals surface area contributed by atoms with Crippen LogP contribution in [0.15, 0.2) is 96.7 Å². The molecule has 0 unspecified atom stereocenters. The van der Waals surface area contributed by atoms with Crippen LogP contribution in [0.5, 0.6) is 0 Å². The lowest BCUT2D eigenvalue weighted by molar-refractivity contribution is -0.132. The summed E-state index contributed by atoms with van der Waals surface area (Å²) in [6.45, 7) is 0.480. The zero-order valence-electron chi connectivity index (χ0n) is 16.8. The first-order valence-electron chi connectivity index (χ1n) is 9.94. The average Bonchev–Trinajstić information content (AvgIpc) is 3.18. The van der Waals surface area contributed by atoms with Crippen molar-refractivity contribution < 1.29 is 9.90 Å². The van der Waals surface area contributed by atoms with Gasteiger partial charge in [-0.15, -0.1) is 0 Å². The minimum Gasteiger partial charge on any atom is -0.478 e. The minimum absolute atomic E-state index is 0.297. The Kier molecular flexibility index (Phi) is 6.29. The van der Waals surface area contributed by atoms with Crippen molar-refractivity contribution in [3.05, 3.63) is 119 Å². The third-order valence-corrected chi connectivity index (χ3v) is 5.41. The predicted octanol–water partition coefficient (Wildman–Crippen LogP) is 5.96. The number of nitrogens with zero attached hydrogens (tertiary/aromatic N) is 2. The second-order valence-corrected chi connectivity index (χ2v) is 7.59. The molecule has 1 aromatic heterocycles. The molecule has 4 aromatic rings. The summed E-state index contributed by atoms with van der Waals surface area (Å²) in [7, 11) is 0. The fourth-order valence-electron chi connectivity index (χ4n) is 3.47. The van der Waals surface area contributed by atoms with Crippen molar-refractivity contribution in [3.63, 3.8) is 0 Å². The van der Waals surface area contributed by atoms with Crippen LogP contribution in [0.25, 0.3) is 17.5 Å². The number of carbonyl (C=O) groups is 1. The van der Waals surface area contributed by atoms with Crippen LogP contribution in [0.2, 0.25) is 5.02 Å². The maximum absolute atomic E-state index is 12.0. The van der Waals surface area contributed by atoms with E-state index >= 15 is 0 Å². The van der Waals surface area contributed by atoms with Gasteiger partial charge in [-0.1, -0.05) is 90.5 Å². The van der Waals surface area contributed by atoms with Gasteiger partial charge in [0.15, 0.2) is 0 Å². The van der Waals surface area contributed by atoms with E-state index in [9.17, 15) is 9.90 Å². The molecule has 0 aliphatic rings. The minimum atomic E-state index is -0.949. The van der Waals surface area contributed by atoms with Crippen LogP contribution in [0.1, 0.15) is 16.8 Å². The zero-order valence-corrected chi connectivity index (χ0v) is 17.5. The number of benzene rings is 3. The molecule has 31 heavy (non-hydrogen) atoms. The molecule has 4 nitrogen and oxygen atoms in total. The lowest BCUT2D eigenvalue weighted by atomic mass is 10.0. The van der Waals surface area contributed by atoms with Crippen molar-refractivity contribution in [1.82, 2.24) is 9.55 Å². The van der Waals surface area contributed by atoms with Crippen LogP contribution >= 0.6 is 11.6 Å². The molecule has 1 N–H and O–H groups in total. The van der Waals surface area contributed by atoms with Gasteiger partial charge in [0.2, 0.25) is 0 Å². The number of hydrogen-bond acceptors (Lipinski definition) is 2. The Morgan fingerprint density at radius 2 is 1.58 bits per heavy atom. The summed E-state index contributed by atoms with van der Waals surface area (Å²) in [4.78, 5) is 16.6. The van der Waals surface area contributed by atoms with E-state index in [1.165, 1.54) is 0 Å². The second-order valence-electron chi connectivity index (χ2n) is 7.19. The van der Waals surface area contributed by atoms with E-state index in [2.05, 4.69) is 4.98 Å². The third kappa shape index (κ3) is 4.93. The van der Waals surface area contributed by atoms with Gasteiger partial charge in [0, 0.05) is 22.6 Å². The van der Waals surface area contributed by atoms with Gasteiger partial charge in [0.1, 0.15) is 5.82 Å². The molecule has 4 rings (SSSR count). The number of carboxylic acid groups (broad SMARTS) is 1. The maximum Gasteiger partial charge on any atom is 0.331 e. The molecular weight excluding hydrogens is 408 g/mol. The van der Waals surface area contributed by atoms with Crippen molar-refractivity contribution in [2.24, 2.45) is 0 Å². The highest BCUT2D eigenvalue weighted by molar-refractivity contribution is 6.31. The molecule has 0 atom stereocenters. The smallest absolute Gasteiger partial charge is 0.331 e. The summed E-state index contributed by atoms with van der Waals surface area (Å²) >= 11 is 6.41. The predicted molar refractivity (Wildman–Crippen MR) is 124 cm³/mol. The first-order valence-corrected chi connectivity index (χ1v) is 10.3. The molecule has 0 fully saturated rings. The van der Waals surface area contributed by atoms with Gasteiger partial charge in [-0.3, -0.25) is 0 Å². The Labute approximate surface area is 186 Å². The molecule has 0 bridgehead atoms. The van der Waals surface area contributed by atoms with E-state index in [0.717, 1.165) is 22.5 Å². The van der Waals surface area contributed by atoms with Crippen molar-refractivity contribution in [2.45, 2.75) is 13.0 Å². The van der Waals surface area contributed by atoms with Crippen LogP contribution in [0.4, 0.5) is 0 Å². The Bertz CT molecular complexity index is 1210. The normalized spacial score (nSPS) is 11.5. The van der Waals surface area contributed by atoms with Gasteiger partial charge in [-0.25, -0.2) is 9.78 Å². The standard InChI is InChI=1S/C26H21ClN2O2/c27-24-14-8-7-13-21(24)18-29-23(17-28-25(29)20-11-5-2-6-12-20)16-22(26(30)31)15-19-9-3-1-4-10-19/h1-14,16-17H,15,18H2,(H,30,31)/b22-16+. The van der Waals surface area contributed by atoms with Crippen LogP contribution in [-0.2, 0) is 17.8 Å². The lowest BCUT2D eigenvalue weighted by Gasteiger charge is -2.13. The van der Waals surface area contributed by atoms with Crippen molar-refractivity contribution in [3.8, 4) is 11.4 Å². The Morgan fingerprint density at radius 3 is 2.26 bits per heavy atom. The highest BCUT2D eigenvalue weighted by atomic mass is 35.5. The summed E-state index contributed by atoms with van der Waals surface area (Å²) in [5.41, 5.74) is 3.85. The van der Waals surface area contributed by atoms with E-state index in [1.807, 2.05) is 89.5 Å². The first kappa shape index (κ1) is 20.6. The van der Waals surface area contributed by atoms with Crippen LogP contribution in [0.3, 0.4) is 0 Å². The number of halogens is 1. The number of aromatic nitrogens is 2. The fourth-order valence-corrected chi connectivity index (χ4v) is 3.66. The first-order chi connectivity index (χ1) is 15.1. The molecule has 0 amide bonds. The third-order valence-electron chi connectivity index (χ3n) is 5.04. The molecule has 1 heterocycles. The van der Waals surface area contributed by atoms with Gasteiger partial charge < -0.3 is 9.67 Å². The molecule has 0 spiro atoms. The molecular formula is C26H21ClN2O2. The van der Waals surface area contributed by atoms with Crippen LogP contribution in [0, 0.1) is 0 Å². The van der Waals surface area contributed by atoms with Gasteiger partial charge in [0.25, 0.3) is 0 Å². The van der Waals surface area contributed by atoms with Gasteiger partial charge in [-0.2, -0.15) is 0 Å². The summed E-state index contributed by atoms with van der Waals surface area (Å²) < 4.78 is 2.00. The van der Waals surface area contributed by atoms with E-state index in [1.54, 1.807) is 12.3 Å². The van der Waals surface area contributed by atoms with Gasteiger partial charge in [-0.05, 0) is 23.3 Å². The Hall–Kier alpha value is -3.63. The van der Waals surface area contributed by atoms with E-state index in [4.69, 9.17) is 11.6 Å². The fraction of sp³-hybridized carbons (Fsp3) is 0.0769. The monoisotopic (exact) mass is 428 g/mol. The molecule has 0 aliphatic carbocycles. The van der Waals surface area contributed by atoms with Crippen molar-refractivity contribution in [1.29, 1.82) is 0 Å². The average molecular weight is 429 g/mol. The number of carboxylic acids is 1. The summed E-state index contributed by atoms with van der Waals surface area (Å²) in [5, 5.41) is 10.5. The highest BCUT2D eigenvalue weighted by Crippen LogP contribution is 2.25. The molecule has 5 heteroatoms. The van der Waals surface area contributed by atoms with E-state index in [-0.39, 0.29) is 0 Å². The van der Waals surface area contributed by atoms with Gasteiger partial charge >= 0.3 is 5.97 Å². The number of hydrogen-bond donors (Lipinski definition) is 1. The molecule has 0 radical (unpaired) electrons. The maximum atomic E-state index is 12.0. The summed E-state index contributed by atoms with van der Waals surface area (Å²) in [6, 6.07) is 27.1. The van der Waals surface area contributed by atoms with Crippen LogP contribution in [-0.4, -0.2) is 20.6 Å². The summed E-state index contributed by atoms with van der Waals surface area (Å²) in [5.74, 6) is -0.188. The summed E-state index contributed by atoms with van der Waals surface area (Å²) in [6.07, 6.45) is 3.74. The van der Waals surface area contributed by atoms with Crippen molar-refractivity contribution in [2.75, 3.05) is 0 Å². The number of imidazole rings is 1. The lowest BCUT2D eigenvalue weighted by Crippen LogP contribution is -2.08. The number of rotatable bonds is 7. The Balaban J connectivity index is 1.79. The molecule has 0 saturated carbocycles. The molecule has 154 valence electrons. The number of aliphatic carboxylic acids is 1. The molecule has 0 aliphatic heterocycles. The molecule has 3 aromatic carbocycles. The zero-order chi connectivity index (χ0) is 21.6. The SMILES string of the molecule is O=C(O)/C(=C/c1cnc(-c2ccccc2)n1Cc1ccccc1Cl)Cc1ccccc1. The Morgan fingerprint density at radius 1 is 0.935 bits per heavy atom. The topological polar surface area (TPSA) is 55.1 Å². The molecule has 0 saturated heterocycles. The van der Waals surface area contributed by atoms with Crippen molar-refractivity contribution >= 4 is 23.6 Å². The largest absolute Gasteiger partial charge is 0.478 e. The quantitative estimate of drug-likeness (QED) is 0.369. The van der Waals surface area contributed by atoms with Crippen LogP contribution < -0.4 is 0 Å². The van der Waals surface area contributed by atoms with E-state index < -0.39 is 5.97 Å². The highest BCUT2D eigenvalue weighted by Gasteiger charge is 2.15.